The monoisotopic (exact) mass is 560 g/mol. The molecule has 0 saturated carbocycles. The Balaban J connectivity index is 0.00000289. The lowest BCUT2D eigenvalue weighted by molar-refractivity contribution is -0.0721. The molecule has 2 atom stereocenters. The average molecular weight is 561 g/mol. The standard InChI is InChI=1S/C24H40N4O3.HI/c1-19-8-9-23(31-19)22(27-12-4-5-13-27)17-26-24(25-2)28-14-10-20(11-15-28)30-18-21-7-3-6-16-29-21;/h8-9,20-22H,3-7,10-18H2,1-2H3,(H,25,26);1H. The van der Waals surface area contributed by atoms with Gasteiger partial charge in [0.1, 0.15) is 11.5 Å². The van der Waals surface area contributed by atoms with E-state index in [2.05, 4.69) is 32.2 Å². The van der Waals surface area contributed by atoms with Gasteiger partial charge in [0.05, 0.1) is 24.9 Å². The second-order valence-corrected chi connectivity index (χ2v) is 9.14. The highest BCUT2D eigenvalue weighted by Crippen LogP contribution is 2.26. The van der Waals surface area contributed by atoms with Crippen LogP contribution in [0.2, 0.25) is 0 Å². The van der Waals surface area contributed by atoms with Crippen molar-refractivity contribution in [3.63, 3.8) is 0 Å². The van der Waals surface area contributed by atoms with E-state index in [0.29, 0.717) is 12.2 Å². The van der Waals surface area contributed by atoms with Crippen LogP contribution in [0.3, 0.4) is 0 Å². The van der Waals surface area contributed by atoms with Gasteiger partial charge >= 0.3 is 0 Å². The Morgan fingerprint density at radius 1 is 1.12 bits per heavy atom. The first-order valence-corrected chi connectivity index (χ1v) is 12.2. The maximum Gasteiger partial charge on any atom is 0.193 e. The van der Waals surface area contributed by atoms with Gasteiger partial charge in [-0.3, -0.25) is 9.89 Å². The van der Waals surface area contributed by atoms with Gasteiger partial charge in [-0.2, -0.15) is 0 Å². The molecule has 0 amide bonds. The third kappa shape index (κ3) is 7.08. The number of guanidine groups is 1. The van der Waals surface area contributed by atoms with Crippen molar-refractivity contribution in [3.05, 3.63) is 23.7 Å². The second-order valence-electron chi connectivity index (χ2n) is 9.14. The van der Waals surface area contributed by atoms with Gasteiger partial charge in [0.15, 0.2) is 5.96 Å². The molecule has 2 unspecified atom stereocenters. The van der Waals surface area contributed by atoms with Crippen molar-refractivity contribution in [2.45, 2.75) is 70.1 Å². The number of rotatable bonds is 7. The summed E-state index contributed by atoms with van der Waals surface area (Å²) in [6.07, 6.45) is 8.86. The van der Waals surface area contributed by atoms with Crippen molar-refractivity contribution in [2.24, 2.45) is 4.99 Å². The summed E-state index contributed by atoms with van der Waals surface area (Å²) < 4.78 is 18.0. The lowest BCUT2D eigenvalue weighted by atomic mass is 10.1. The maximum atomic E-state index is 6.18. The summed E-state index contributed by atoms with van der Waals surface area (Å²) in [6.45, 7) is 8.70. The van der Waals surface area contributed by atoms with Crippen LogP contribution in [-0.4, -0.2) is 81.0 Å². The summed E-state index contributed by atoms with van der Waals surface area (Å²) in [5.41, 5.74) is 0. The molecular weight excluding hydrogens is 519 g/mol. The van der Waals surface area contributed by atoms with E-state index in [1.165, 1.54) is 25.7 Å². The number of likely N-dealkylation sites (tertiary alicyclic amines) is 2. The van der Waals surface area contributed by atoms with Gasteiger partial charge in [0.2, 0.25) is 0 Å². The number of furan rings is 1. The number of halogens is 1. The molecule has 3 saturated heterocycles. The first kappa shape index (κ1) is 25.8. The quantitative estimate of drug-likeness (QED) is 0.310. The third-order valence-corrected chi connectivity index (χ3v) is 6.87. The number of piperidine rings is 1. The van der Waals surface area contributed by atoms with Crippen LogP contribution in [0.15, 0.2) is 21.5 Å². The number of nitrogens with zero attached hydrogens (tertiary/aromatic N) is 3. The minimum absolute atomic E-state index is 0. The van der Waals surface area contributed by atoms with E-state index in [1.54, 1.807) is 0 Å². The van der Waals surface area contributed by atoms with Crippen molar-refractivity contribution in [2.75, 3.05) is 53.0 Å². The highest BCUT2D eigenvalue weighted by atomic mass is 127. The fourth-order valence-corrected chi connectivity index (χ4v) is 5.03. The molecule has 0 radical (unpaired) electrons. The summed E-state index contributed by atoms with van der Waals surface area (Å²) >= 11 is 0. The molecule has 32 heavy (non-hydrogen) atoms. The number of hydrogen-bond donors (Lipinski definition) is 1. The normalized spacial score (nSPS) is 24.4. The second kappa shape index (κ2) is 13.2. The third-order valence-electron chi connectivity index (χ3n) is 6.87. The molecule has 8 heteroatoms. The van der Waals surface area contributed by atoms with E-state index in [1.807, 2.05) is 14.0 Å². The van der Waals surface area contributed by atoms with E-state index in [-0.39, 0.29) is 30.0 Å². The fraction of sp³-hybridized carbons (Fsp3) is 0.792. The van der Waals surface area contributed by atoms with Crippen LogP contribution in [0.1, 0.15) is 62.5 Å². The summed E-state index contributed by atoms with van der Waals surface area (Å²) in [5.74, 6) is 3.02. The topological polar surface area (TPSA) is 62.5 Å². The van der Waals surface area contributed by atoms with Crippen LogP contribution < -0.4 is 5.32 Å². The number of aliphatic imine (C=N–C) groups is 1. The van der Waals surface area contributed by atoms with Crippen molar-refractivity contribution in [1.29, 1.82) is 0 Å². The molecule has 1 aromatic rings. The van der Waals surface area contributed by atoms with Gasteiger partial charge in [0, 0.05) is 33.3 Å². The minimum Gasteiger partial charge on any atom is -0.465 e. The zero-order valence-corrected chi connectivity index (χ0v) is 22.1. The summed E-state index contributed by atoms with van der Waals surface area (Å²) in [5, 5.41) is 3.64. The van der Waals surface area contributed by atoms with E-state index in [4.69, 9.17) is 13.9 Å². The summed E-state index contributed by atoms with van der Waals surface area (Å²) in [6, 6.07) is 4.45. The van der Waals surface area contributed by atoms with Crippen molar-refractivity contribution >= 4 is 29.9 Å². The SMILES string of the molecule is CN=C(NCC(c1ccc(C)o1)N1CCCC1)N1CCC(OCC2CCCCO2)CC1.I. The number of hydrogen-bond acceptors (Lipinski definition) is 5. The Morgan fingerprint density at radius 2 is 1.91 bits per heavy atom. The average Bonchev–Trinajstić information content (AvgIpc) is 3.49. The first-order valence-electron chi connectivity index (χ1n) is 12.2. The molecule has 1 N–H and O–H groups in total. The highest BCUT2D eigenvalue weighted by molar-refractivity contribution is 14.0. The zero-order chi connectivity index (χ0) is 21.5. The molecule has 0 aliphatic carbocycles. The number of ether oxygens (including phenoxy) is 2. The molecule has 0 bridgehead atoms. The van der Waals surface area contributed by atoms with E-state index in [9.17, 15) is 0 Å². The van der Waals surface area contributed by atoms with Crippen LogP contribution in [0.25, 0.3) is 0 Å². The Morgan fingerprint density at radius 3 is 2.53 bits per heavy atom. The van der Waals surface area contributed by atoms with Crippen LogP contribution in [-0.2, 0) is 9.47 Å². The first-order chi connectivity index (χ1) is 15.2. The number of nitrogens with one attached hydrogen (secondary N) is 1. The fourth-order valence-electron chi connectivity index (χ4n) is 5.03. The molecule has 0 spiro atoms. The molecule has 3 aliphatic heterocycles. The number of aryl methyl sites for hydroxylation is 1. The zero-order valence-electron chi connectivity index (χ0n) is 19.8. The van der Waals surface area contributed by atoms with Crippen molar-refractivity contribution < 1.29 is 13.9 Å². The molecule has 182 valence electrons. The van der Waals surface area contributed by atoms with Crippen LogP contribution in [0.5, 0.6) is 0 Å². The minimum atomic E-state index is 0. The van der Waals surface area contributed by atoms with Crippen LogP contribution in [0.4, 0.5) is 0 Å². The van der Waals surface area contributed by atoms with E-state index in [0.717, 1.165) is 82.7 Å². The molecule has 3 aliphatic rings. The van der Waals surface area contributed by atoms with Gasteiger partial charge in [-0.15, -0.1) is 24.0 Å². The lowest BCUT2D eigenvalue weighted by Crippen LogP contribution is -2.49. The Labute approximate surface area is 210 Å². The molecule has 4 heterocycles. The Kier molecular flexibility index (Phi) is 10.6. The highest BCUT2D eigenvalue weighted by Gasteiger charge is 2.28. The summed E-state index contributed by atoms with van der Waals surface area (Å²) in [4.78, 5) is 9.48. The molecule has 3 fully saturated rings. The van der Waals surface area contributed by atoms with Crippen molar-refractivity contribution in [1.82, 2.24) is 15.1 Å². The van der Waals surface area contributed by atoms with Gasteiger partial charge in [-0.1, -0.05) is 0 Å². The molecule has 1 aromatic heterocycles. The van der Waals surface area contributed by atoms with Crippen LogP contribution in [0, 0.1) is 6.92 Å². The smallest absolute Gasteiger partial charge is 0.193 e. The molecular formula is C24H41IN4O3. The molecule has 7 nitrogen and oxygen atoms in total. The van der Waals surface area contributed by atoms with E-state index < -0.39 is 0 Å². The lowest BCUT2D eigenvalue weighted by Gasteiger charge is -2.36. The van der Waals surface area contributed by atoms with Gasteiger partial charge in [-0.25, -0.2) is 0 Å². The predicted molar refractivity (Wildman–Crippen MR) is 138 cm³/mol. The predicted octanol–water partition coefficient (Wildman–Crippen LogP) is 3.97. The van der Waals surface area contributed by atoms with E-state index >= 15 is 0 Å². The Bertz CT molecular complexity index is 693. The largest absolute Gasteiger partial charge is 0.465 e. The van der Waals surface area contributed by atoms with Crippen molar-refractivity contribution in [3.8, 4) is 0 Å². The van der Waals surface area contributed by atoms with Gasteiger partial charge in [-0.05, 0) is 77.1 Å². The molecule has 4 rings (SSSR count). The summed E-state index contributed by atoms with van der Waals surface area (Å²) in [7, 11) is 1.88. The van der Waals surface area contributed by atoms with Crippen LogP contribution >= 0.6 is 24.0 Å². The van der Waals surface area contributed by atoms with Gasteiger partial charge < -0.3 is 24.1 Å². The Hall–Kier alpha value is -0.840. The maximum absolute atomic E-state index is 6.18. The van der Waals surface area contributed by atoms with Gasteiger partial charge in [0.25, 0.3) is 0 Å². The molecule has 0 aromatic carbocycles.